The smallest absolute Gasteiger partial charge is 0.184 e. The maximum atomic E-state index is 14.2. The van der Waals surface area contributed by atoms with Crippen molar-refractivity contribution < 1.29 is 4.39 Å². The van der Waals surface area contributed by atoms with E-state index >= 15 is 0 Å². The van der Waals surface area contributed by atoms with Crippen molar-refractivity contribution in [1.82, 2.24) is 25.0 Å². The van der Waals surface area contributed by atoms with E-state index in [1.54, 1.807) is 16.8 Å². The van der Waals surface area contributed by atoms with Gasteiger partial charge in [-0.15, -0.1) is 5.10 Å². The molecule has 0 N–H and O–H groups in total. The predicted octanol–water partition coefficient (Wildman–Crippen LogP) is 3.85. The van der Waals surface area contributed by atoms with E-state index in [-0.39, 0.29) is 12.4 Å². The van der Waals surface area contributed by atoms with Gasteiger partial charge in [-0.1, -0.05) is 36.7 Å². The van der Waals surface area contributed by atoms with E-state index < -0.39 is 0 Å². The standard InChI is InChI=1S/C19H22ClFN6/c1-11-7-12(2)9-26(8-11)18-17-19(23-13(3)22-18)27(25-24-17)10-14-15(20)5-4-6-16(14)21/h4-6,11-12H,7-10H2,1-3H3/t11-,12-/m0/s1. The molecule has 0 spiro atoms. The molecule has 2 atom stereocenters. The lowest BCUT2D eigenvalue weighted by molar-refractivity contribution is 0.355. The van der Waals surface area contributed by atoms with Crippen molar-refractivity contribution in [1.29, 1.82) is 0 Å². The highest BCUT2D eigenvalue weighted by molar-refractivity contribution is 6.31. The van der Waals surface area contributed by atoms with Crippen LogP contribution in [0.15, 0.2) is 18.2 Å². The summed E-state index contributed by atoms with van der Waals surface area (Å²) < 4.78 is 15.8. The molecule has 8 heteroatoms. The molecule has 3 aromatic rings. The number of hydrogen-bond donors (Lipinski definition) is 0. The fourth-order valence-corrected chi connectivity index (χ4v) is 4.17. The maximum Gasteiger partial charge on any atom is 0.184 e. The molecule has 0 saturated carbocycles. The summed E-state index contributed by atoms with van der Waals surface area (Å²) in [6, 6.07) is 4.65. The Kier molecular flexibility index (Phi) is 4.72. The Morgan fingerprint density at radius 2 is 1.93 bits per heavy atom. The number of nitrogens with zero attached hydrogens (tertiary/aromatic N) is 6. The highest BCUT2D eigenvalue weighted by atomic mass is 35.5. The summed E-state index contributed by atoms with van der Waals surface area (Å²) >= 11 is 6.17. The summed E-state index contributed by atoms with van der Waals surface area (Å²) in [4.78, 5) is 11.4. The second-order valence-electron chi connectivity index (χ2n) is 7.56. The number of piperidine rings is 1. The monoisotopic (exact) mass is 388 g/mol. The molecule has 1 aromatic carbocycles. The Labute approximate surface area is 162 Å². The molecule has 1 saturated heterocycles. The van der Waals surface area contributed by atoms with Gasteiger partial charge in [-0.2, -0.15) is 0 Å². The van der Waals surface area contributed by atoms with Crippen molar-refractivity contribution in [3.8, 4) is 0 Å². The third kappa shape index (κ3) is 3.48. The average molecular weight is 389 g/mol. The number of fused-ring (bicyclic) bond motifs is 1. The largest absolute Gasteiger partial charge is 0.354 e. The van der Waals surface area contributed by atoms with Crippen LogP contribution >= 0.6 is 11.6 Å². The van der Waals surface area contributed by atoms with Crippen LogP contribution in [0, 0.1) is 24.6 Å². The Hall–Kier alpha value is -2.28. The molecule has 0 radical (unpaired) electrons. The first kappa shape index (κ1) is 18.1. The van der Waals surface area contributed by atoms with Crippen molar-refractivity contribution in [2.75, 3.05) is 18.0 Å². The molecule has 0 unspecified atom stereocenters. The van der Waals surface area contributed by atoms with Gasteiger partial charge >= 0.3 is 0 Å². The zero-order chi connectivity index (χ0) is 19.1. The lowest BCUT2D eigenvalue weighted by Crippen LogP contribution is -2.39. The van der Waals surface area contributed by atoms with Crippen LogP contribution in [0.25, 0.3) is 11.2 Å². The van der Waals surface area contributed by atoms with Gasteiger partial charge in [0.25, 0.3) is 0 Å². The number of rotatable bonds is 3. The fourth-order valence-electron chi connectivity index (χ4n) is 3.94. The van der Waals surface area contributed by atoms with Crippen LogP contribution in [0.5, 0.6) is 0 Å². The first-order chi connectivity index (χ1) is 12.9. The van der Waals surface area contributed by atoms with Gasteiger partial charge in [0.15, 0.2) is 17.0 Å². The van der Waals surface area contributed by atoms with Gasteiger partial charge in [0.2, 0.25) is 0 Å². The van der Waals surface area contributed by atoms with Crippen LogP contribution in [0.4, 0.5) is 10.2 Å². The van der Waals surface area contributed by atoms with E-state index in [9.17, 15) is 4.39 Å². The third-order valence-corrected chi connectivity index (χ3v) is 5.35. The third-order valence-electron chi connectivity index (χ3n) is 4.99. The molecule has 0 bridgehead atoms. The minimum absolute atomic E-state index is 0.171. The van der Waals surface area contributed by atoms with Gasteiger partial charge in [0.1, 0.15) is 11.6 Å². The highest BCUT2D eigenvalue weighted by Crippen LogP contribution is 2.29. The molecule has 3 heterocycles. The van der Waals surface area contributed by atoms with Crippen LogP contribution in [-0.2, 0) is 6.54 Å². The SMILES string of the molecule is Cc1nc(N2C[C@@H](C)C[C@H](C)C2)c2nnn(Cc3c(F)cccc3Cl)c2n1. The van der Waals surface area contributed by atoms with Crippen LogP contribution in [0.1, 0.15) is 31.7 Å². The molecule has 0 amide bonds. The number of halogens is 2. The van der Waals surface area contributed by atoms with Gasteiger partial charge in [-0.05, 0) is 37.3 Å². The number of anilines is 1. The molecule has 1 fully saturated rings. The average Bonchev–Trinajstić information content (AvgIpc) is 2.99. The van der Waals surface area contributed by atoms with Crippen molar-refractivity contribution in [3.05, 3.63) is 40.4 Å². The van der Waals surface area contributed by atoms with Gasteiger partial charge in [0.05, 0.1) is 6.54 Å². The summed E-state index contributed by atoms with van der Waals surface area (Å²) in [5.41, 5.74) is 1.63. The number of hydrogen-bond acceptors (Lipinski definition) is 5. The second-order valence-corrected chi connectivity index (χ2v) is 7.97. The number of aromatic nitrogens is 5. The molecular formula is C19H22ClFN6. The van der Waals surface area contributed by atoms with Crippen LogP contribution in [0.3, 0.4) is 0 Å². The van der Waals surface area contributed by atoms with Gasteiger partial charge < -0.3 is 4.90 Å². The van der Waals surface area contributed by atoms with E-state index in [1.807, 2.05) is 6.92 Å². The molecular weight excluding hydrogens is 367 g/mol. The minimum atomic E-state index is -0.365. The van der Waals surface area contributed by atoms with Crippen LogP contribution in [-0.4, -0.2) is 38.1 Å². The summed E-state index contributed by atoms with van der Waals surface area (Å²) in [5.74, 6) is 2.27. The molecule has 0 aliphatic carbocycles. The van der Waals surface area contributed by atoms with E-state index in [0.29, 0.717) is 39.4 Å². The Balaban J connectivity index is 1.76. The lowest BCUT2D eigenvalue weighted by atomic mass is 9.92. The van der Waals surface area contributed by atoms with Gasteiger partial charge in [-0.25, -0.2) is 19.0 Å². The summed E-state index contributed by atoms with van der Waals surface area (Å²) in [6.45, 7) is 8.40. The minimum Gasteiger partial charge on any atom is -0.354 e. The normalized spacial score (nSPS) is 20.4. The van der Waals surface area contributed by atoms with Crippen molar-refractivity contribution in [2.24, 2.45) is 11.8 Å². The second kappa shape index (κ2) is 7.03. The zero-order valence-corrected chi connectivity index (χ0v) is 16.4. The molecule has 1 aliphatic heterocycles. The van der Waals surface area contributed by atoms with Gasteiger partial charge in [-0.3, -0.25) is 0 Å². The Bertz CT molecular complexity index is 957. The fraction of sp³-hybridized carbons (Fsp3) is 0.474. The molecule has 2 aromatic heterocycles. The first-order valence-electron chi connectivity index (χ1n) is 9.18. The van der Waals surface area contributed by atoms with Crippen LogP contribution < -0.4 is 4.90 Å². The lowest BCUT2D eigenvalue weighted by Gasteiger charge is -2.35. The zero-order valence-electron chi connectivity index (χ0n) is 15.7. The molecule has 27 heavy (non-hydrogen) atoms. The van der Waals surface area contributed by atoms with Crippen molar-refractivity contribution in [2.45, 2.75) is 33.7 Å². The Morgan fingerprint density at radius 3 is 2.63 bits per heavy atom. The Morgan fingerprint density at radius 1 is 1.19 bits per heavy atom. The van der Waals surface area contributed by atoms with Gasteiger partial charge in [0, 0.05) is 23.7 Å². The summed E-state index contributed by atoms with van der Waals surface area (Å²) in [6.07, 6.45) is 1.21. The molecule has 142 valence electrons. The predicted molar refractivity (Wildman–Crippen MR) is 104 cm³/mol. The van der Waals surface area contributed by atoms with E-state index in [4.69, 9.17) is 11.6 Å². The molecule has 1 aliphatic rings. The van der Waals surface area contributed by atoms with Crippen LogP contribution in [0.2, 0.25) is 5.02 Å². The number of benzene rings is 1. The maximum absolute atomic E-state index is 14.2. The van der Waals surface area contributed by atoms with Crippen molar-refractivity contribution in [3.63, 3.8) is 0 Å². The summed E-state index contributed by atoms with van der Waals surface area (Å²) in [7, 11) is 0. The molecule has 4 rings (SSSR count). The summed E-state index contributed by atoms with van der Waals surface area (Å²) in [5, 5.41) is 8.91. The van der Waals surface area contributed by atoms with E-state index in [1.165, 1.54) is 12.5 Å². The van der Waals surface area contributed by atoms with Crippen molar-refractivity contribution >= 4 is 28.6 Å². The number of aryl methyl sites for hydroxylation is 1. The first-order valence-corrected chi connectivity index (χ1v) is 9.56. The molecule has 6 nitrogen and oxygen atoms in total. The van der Waals surface area contributed by atoms with E-state index in [0.717, 1.165) is 18.9 Å². The quantitative estimate of drug-likeness (QED) is 0.682. The van der Waals surface area contributed by atoms with E-state index in [2.05, 4.69) is 39.0 Å². The topological polar surface area (TPSA) is 59.7 Å². The highest BCUT2D eigenvalue weighted by Gasteiger charge is 2.26.